The quantitative estimate of drug-likeness (QED) is 0.918. The van der Waals surface area contributed by atoms with Crippen LogP contribution in [-0.4, -0.2) is 41.7 Å². The Morgan fingerprint density at radius 1 is 1.30 bits per heavy atom. The molecule has 0 spiro atoms. The van der Waals surface area contributed by atoms with Crippen LogP contribution in [0.1, 0.15) is 36.2 Å². The third-order valence-electron chi connectivity index (χ3n) is 4.81. The van der Waals surface area contributed by atoms with Crippen LogP contribution in [0, 0.1) is 0 Å². The molecule has 7 heteroatoms. The molecule has 5 nitrogen and oxygen atoms in total. The summed E-state index contributed by atoms with van der Waals surface area (Å²) in [5.41, 5.74) is 1.11. The minimum atomic E-state index is -0.101. The lowest BCUT2D eigenvalue weighted by atomic mass is 9.96. The highest BCUT2D eigenvalue weighted by Crippen LogP contribution is 2.53. The second-order valence-electron chi connectivity index (χ2n) is 6.25. The van der Waals surface area contributed by atoms with Crippen molar-refractivity contribution in [1.29, 1.82) is 0 Å². The summed E-state index contributed by atoms with van der Waals surface area (Å²) in [6.45, 7) is 2.87. The van der Waals surface area contributed by atoms with Gasteiger partial charge in [-0.25, -0.2) is 0 Å². The summed E-state index contributed by atoms with van der Waals surface area (Å²) < 4.78 is 5.63. The predicted octanol–water partition coefficient (Wildman–Crippen LogP) is 2.80. The topological polar surface area (TPSA) is 54.2 Å². The van der Waals surface area contributed by atoms with E-state index >= 15 is 0 Å². The van der Waals surface area contributed by atoms with Crippen molar-refractivity contribution in [2.24, 2.45) is 0 Å². The number of nitrogens with one attached hydrogen (secondary N) is 1. The van der Waals surface area contributed by atoms with E-state index in [0.717, 1.165) is 49.2 Å². The molecule has 1 atom stereocenters. The second kappa shape index (κ2) is 6.40. The Morgan fingerprint density at radius 3 is 2.70 bits per heavy atom. The van der Waals surface area contributed by atoms with E-state index in [2.05, 4.69) is 34.6 Å². The molecule has 1 saturated heterocycles. The van der Waals surface area contributed by atoms with Gasteiger partial charge in [0.05, 0.1) is 11.5 Å². The average Bonchev–Trinajstić information content (AvgIpc) is 3.19. The normalized spacial score (nSPS) is 23.3. The highest BCUT2D eigenvalue weighted by molar-refractivity contribution is 6.30. The molecule has 0 amide bonds. The van der Waals surface area contributed by atoms with Crippen LogP contribution in [0.4, 0.5) is 0 Å². The lowest BCUT2D eigenvalue weighted by Crippen LogP contribution is -2.44. The van der Waals surface area contributed by atoms with Crippen molar-refractivity contribution in [2.45, 2.75) is 24.3 Å². The van der Waals surface area contributed by atoms with Crippen molar-refractivity contribution in [1.82, 2.24) is 20.4 Å². The van der Waals surface area contributed by atoms with Gasteiger partial charge in [0.15, 0.2) is 5.82 Å². The molecule has 23 heavy (non-hydrogen) atoms. The summed E-state index contributed by atoms with van der Waals surface area (Å²) in [6, 6.07) is 8.16. The summed E-state index contributed by atoms with van der Waals surface area (Å²) in [4.78, 5) is 7.00. The van der Waals surface area contributed by atoms with Gasteiger partial charge in [0.1, 0.15) is 0 Å². The van der Waals surface area contributed by atoms with Crippen molar-refractivity contribution >= 4 is 24.0 Å². The molecular formula is C16H20Cl2N4O. The van der Waals surface area contributed by atoms with Crippen LogP contribution in [-0.2, 0) is 5.41 Å². The average molecular weight is 355 g/mol. The van der Waals surface area contributed by atoms with Gasteiger partial charge < -0.3 is 9.84 Å². The van der Waals surface area contributed by atoms with E-state index in [0.29, 0.717) is 0 Å². The van der Waals surface area contributed by atoms with Crippen molar-refractivity contribution in [3.63, 3.8) is 0 Å². The van der Waals surface area contributed by atoms with Crippen molar-refractivity contribution in [2.75, 3.05) is 26.7 Å². The van der Waals surface area contributed by atoms with Gasteiger partial charge >= 0.3 is 0 Å². The molecule has 0 radical (unpaired) electrons. The Kier molecular flexibility index (Phi) is 4.65. The minimum Gasteiger partial charge on any atom is -0.338 e. The van der Waals surface area contributed by atoms with Gasteiger partial charge in [-0.3, -0.25) is 4.90 Å². The Balaban J connectivity index is 0.00000156. The Hall–Kier alpha value is -1.14. The number of halogens is 2. The van der Waals surface area contributed by atoms with E-state index in [1.54, 1.807) is 0 Å². The number of hydrogen-bond acceptors (Lipinski definition) is 5. The summed E-state index contributed by atoms with van der Waals surface area (Å²) in [6.07, 6.45) is 2.10. The SMILES string of the molecule is CN1CCNCC1c1noc(C2(c3ccc(Cl)cc3)CC2)n1.Cl. The second-order valence-corrected chi connectivity index (χ2v) is 6.68. The first-order chi connectivity index (χ1) is 10.7. The predicted molar refractivity (Wildman–Crippen MR) is 91.3 cm³/mol. The molecule has 1 saturated carbocycles. The van der Waals surface area contributed by atoms with Crippen LogP contribution in [0.5, 0.6) is 0 Å². The first kappa shape index (κ1) is 16.7. The Bertz CT molecular complexity index is 669. The van der Waals surface area contributed by atoms with Crippen molar-refractivity contribution < 1.29 is 4.52 Å². The number of hydrogen-bond donors (Lipinski definition) is 1. The van der Waals surface area contributed by atoms with Gasteiger partial charge in [0.2, 0.25) is 5.89 Å². The smallest absolute Gasteiger partial charge is 0.237 e. The molecule has 2 fully saturated rings. The fourth-order valence-electron chi connectivity index (χ4n) is 3.18. The van der Waals surface area contributed by atoms with Crippen LogP contribution in [0.2, 0.25) is 5.02 Å². The number of rotatable bonds is 3. The van der Waals surface area contributed by atoms with Crippen LogP contribution in [0.25, 0.3) is 0 Å². The van der Waals surface area contributed by atoms with E-state index in [9.17, 15) is 0 Å². The van der Waals surface area contributed by atoms with E-state index < -0.39 is 0 Å². The maximum Gasteiger partial charge on any atom is 0.237 e. The Morgan fingerprint density at radius 2 is 2.04 bits per heavy atom. The molecule has 2 aromatic rings. The molecule has 4 rings (SSSR count). The molecule has 124 valence electrons. The number of piperazine rings is 1. The van der Waals surface area contributed by atoms with Crippen molar-refractivity contribution in [3.8, 4) is 0 Å². The molecule has 2 heterocycles. The fourth-order valence-corrected chi connectivity index (χ4v) is 3.30. The zero-order valence-corrected chi connectivity index (χ0v) is 14.5. The third-order valence-corrected chi connectivity index (χ3v) is 5.06. The largest absolute Gasteiger partial charge is 0.338 e. The van der Waals surface area contributed by atoms with Crippen LogP contribution >= 0.6 is 24.0 Å². The molecule has 2 aliphatic rings. The Labute approximate surface area is 146 Å². The van der Waals surface area contributed by atoms with Gasteiger partial charge in [-0.2, -0.15) is 4.98 Å². The minimum absolute atomic E-state index is 0. The zero-order chi connectivity index (χ0) is 15.2. The van der Waals surface area contributed by atoms with Crippen LogP contribution < -0.4 is 5.32 Å². The first-order valence-electron chi connectivity index (χ1n) is 7.70. The van der Waals surface area contributed by atoms with Crippen LogP contribution in [0.3, 0.4) is 0 Å². The molecular weight excluding hydrogens is 335 g/mol. The number of likely N-dealkylation sites (N-methyl/N-ethyl adjacent to an activating group) is 1. The van der Waals surface area contributed by atoms with Crippen LogP contribution in [0.15, 0.2) is 28.8 Å². The molecule has 1 aromatic heterocycles. The number of aromatic nitrogens is 2. The maximum atomic E-state index is 5.99. The maximum absolute atomic E-state index is 5.99. The first-order valence-corrected chi connectivity index (χ1v) is 8.08. The highest BCUT2D eigenvalue weighted by atomic mass is 35.5. The van der Waals surface area contributed by atoms with Crippen molar-refractivity contribution in [3.05, 3.63) is 46.6 Å². The van der Waals surface area contributed by atoms with Gasteiger partial charge in [-0.05, 0) is 37.6 Å². The lowest BCUT2D eigenvalue weighted by molar-refractivity contribution is 0.190. The van der Waals surface area contributed by atoms with E-state index in [1.807, 2.05) is 12.1 Å². The molecule has 0 bridgehead atoms. The van der Waals surface area contributed by atoms with E-state index in [1.165, 1.54) is 5.56 Å². The van der Waals surface area contributed by atoms with Gasteiger partial charge in [-0.15, -0.1) is 12.4 Å². The number of nitrogens with zero attached hydrogens (tertiary/aromatic N) is 3. The molecule has 1 aliphatic heterocycles. The summed E-state index contributed by atoms with van der Waals surface area (Å²) >= 11 is 5.99. The molecule has 1 N–H and O–H groups in total. The monoisotopic (exact) mass is 354 g/mol. The van der Waals surface area contributed by atoms with Gasteiger partial charge in [0, 0.05) is 24.7 Å². The summed E-state index contributed by atoms with van der Waals surface area (Å²) in [5, 5.41) is 8.38. The van der Waals surface area contributed by atoms with Gasteiger partial charge in [0.25, 0.3) is 0 Å². The van der Waals surface area contributed by atoms with Gasteiger partial charge in [-0.1, -0.05) is 28.9 Å². The zero-order valence-electron chi connectivity index (χ0n) is 13.0. The summed E-state index contributed by atoms with van der Waals surface area (Å²) in [5.74, 6) is 1.52. The summed E-state index contributed by atoms with van der Waals surface area (Å²) in [7, 11) is 2.10. The fraction of sp³-hybridized carbons (Fsp3) is 0.500. The molecule has 1 unspecified atom stereocenters. The standard InChI is InChI=1S/C16H19ClN4O.ClH/c1-21-9-8-18-10-13(21)14-19-15(22-20-14)16(6-7-16)11-2-4-12(17)5-3-11;/h2-5,13,18H,6-10H2,1H3;1H. The lowest BCUT2D eigenvalue weighted by Gasteiger charge is -2.30. The number of benzene rings is 1. The van der Waals surface area contributed by atoms with E-state index in [4.69, 9.17) is 21.1 Å². The molecule has 1 aliphatic carbocycles. The highest BCUT2D eigenvalue weighted by Gasteiger charge is 2.51. The molecule has 1 aromatic carbocycles. The van der Waals surface area contributed by atoms with E-state index in [-0.39, 0.29) is 23.9 Å². The third kappa shape index (κ3) is 2.98.